The molecule has 1 fully saturated rings. The standard InChI is InChI=1S/C15H23NOS/c1-11-4-7-14(8-12(11)2)18-10-15(9-17,16-3)13-5-6-13/h4,7-8,13,16-17H,5-6,9-10H2,1-3H3. The topological polar surface area (TPSA) is 32.3 Å². The lowest BCUT2D eigenvalue weighted by molar-refractivity contribution is 0.167. The molecule has 0 spiro atoms. The van der Waals surface area contributed by atoms with Crippen molar-refractivity contribution in [3.8, 4) is 0 Å². The first kappa shape index (κ1) is 13.9. The van der Waals surface area contributed by atoms with Gasteiger partial charge in [0.25, 0.3) is 0 Å². The molecule has 1 aliphatic rings. The Labute approximate surface area is 114 Å². The van der Waals surface area contributed by atoms with Gasteiger partial charge in [-0.1, -0.05) is 6.07 Å². The number of likely N-dealkylation sites (N-methyl/N-ethyl adjacent to an activating group) is 1. The summed E-state index contributed by atoms with van der Waals surface area (Å²) in [6.45, 7) is 4.52. The molecule has 1 aliphatic carbocycles. The van der Waals surface area contributed by atoms with Gasteiger partial charge >= 0.3 is 0 Å². The highest BCUT2D eigenvalue weighted by molar-refractivity contribution is 7.99. The van der Waals surface area contributed by atoms with Crippen molar-refractivity contribution < 1.29 is 5.11 Å². The van der Waals surface area contributed by atoms with E-state index in [0.29, 0.717) is 5.92 Å². The number of hydrogen-bond acceptors (Lipinski definition) is 3. The Balaban J connectivity index is 2.02. The maximum absolute atomic E-state index is 9.69. The first-order valence-electron chi connectivity index (χ1n) is 6.61. The molecule has 0 aromatic heterocycles. The number of aliphatic hydroxyl groups excluding tert-OH is 1. The SMILES string of the molecule is CNC(CO)(CSc1ccc(C)c(C)c1)C1CC1. The molecule has 18 heavy (non-hydrogen) atoms. The van der Waals surface area contributed by atoms with E-state index in [-0.39, 0.29) is 12.1 Å². The van der Waals surface area contributed by atoms with Crippen LogP contribution in [0, 0.1) is 19.8 Å². The summed E-state index contributed by atoms with van der Waals surface area (Å²) in [6, 6.07) is 6.59. The van der Waals surface area contributed by atoms with Crippen molar-refractivity contribution in [1.82, 2.24) is 5.32 Å². The van der Waals surface area contributed by atoms with Crippen LogP contribution in [0.15, 0.2) is 23.1 Å². The molecule has 2 nitrogen and oxygen atoms in total. The fourth-order valence-corrected chi connectivity index (χ4v) is 3.62. The molecular weight excluding hydrogens is 242 g/mol. The molecule has 1 unspecified atom stereocenters. The quantitative estimate of drug-likeness (QED) is 0.776. The third-order valence-corrected chi connectivity index (χ3v) is 5.36. The molecular formula is C15H23NOS. The Morgan fingerprint density at radius 1 is 1.33 bits per heavy atom. The van der Waals surface area contributed by atoms with Crippen LogP contribution in [0.3, 0.4) is 0 Å². The molecule has 1 saturated carbocycles. The zero-order valence-electron chi connectivity index (χ0n) is 11.5. The molecule has 3 heteroatoms. The van der Waals surface area contributed by atoms with Gasteiger partial charge in [0.05, 0.1) is 12.1 Å². The molecule has 2 rings (SSSR count). The zero-order chi connectivity index (χ0) is 13.2. The summed E-state index contributed by atoms with van der Waals surface area (Å²) in [6.07, 6.45) is 2.49. The molecule has 0 aliphatic heterocycles. The lowest BCUT2D eigenvalue weighted by Gasteiger charge is -2.31. The van der Waals surface area contributed by atoms with Gasteiger partial charge in [0.2, 0.25) is 0 Å². The summed E-state index contributed by atoms with van der Waals surface area (Å²) in [5.74, 6) is 1.58. The van der Waals surface area contributed by atoms with Gasteiger partial charge in [-0.25, -0.2) is 0 Å². The highest BCUT2D eigenvalue weighted by Gasteiger charge is 2.43. The summed E-state index contributed by atoms with van der Waals surface area (Å²) in [5.41, 5.74) is 2.58. The Morgan fingerprint density at radius 3 is 2.56 bits per heavy atom. The van der Waals surface area contributed by atoms with Crippen LogP contribution in [0.2, 0.25) is 0 Å². The largest absolute Gasteiger partial charge is 0.394 e. The number of aryl methyl sites for hydroxylation is 2. The molecule has 0 amide bonds. The minimum absolute atomic E-state index is 0.0938. The Morgan fingerprint density at radius 2 is 2.06 bits per heavy atom. The van der Waals surface area contributed by atoms with E-state index in [0.717, 1.165) is 5.75 Å². The second-order valence-electron chi connectivity index (χ2n) is 5.37. The van der Waals surface area contributed by atoms with Crippen molar-refractivity contribution in [3.05, 3.63) is 29.3 Å². The third kappa shape index (κ3) is 2.90. The Bertz CT molecular complexity index is 411. The van der Waals surface area contributed by atoms with Crippen LogP contribution < -0.4 is 5.32 Å². The number of aliphatic hydroxyl groups is 1. The summed E-state index contributed by atoms with van der Waals surface area (Å²) in [7, 11) is 1.97. The summed E-state index contributed by atoms with van der Waals surface area (Å²) in [5, 5.41) is 13.0. The third-order valence-electron chi connectivity index (χ3n) is 4.11. The summed E-state index contributed by atoms with van der Waals surface area (Å²) >= 11 is 1.85. The van der Waals surface area contributed by atoms with Gasteiger partial charge in [0.15, 0.2) is 0 Å². The Hall–Kier alpha value is -0.510. The van der Waals surface area contributed by atoms with Crippen molar-refractivity contribution in [3.63, 3.8) is 0 Å². The second kappa shape index (κ2) is 5.64. The maximum Gasteiger partial charge on any atom is 0.0624 e. The van der Waals surface area contributed by atoms with Crippen molar-refractivity contribution >= 4 is 11.8 Å². The number of benzene rings is 1. The predicted molar refractivity (Wildman–Crippen MR) is 78.2 cm³/mol. The number of rotatable bonds is 6. The molecule has 1 aromatic rings. The monoisotopic (exact) mass is 265 g/mol. The van der Waals surface area contributed by atoms with Gasteiger partial charge in [-0.2, -0.15) is 0 Å². The van der Waals surface area contributed by atoms with Crippen LogP contribution in [0.5, 0.6) is 0 Å². The van der Waals surface area contributed by atoms with E-state index in [1.54, 1.807) is 0 Å². The average Bonchev–Trinajstić information content (AvgIpc) is 3.20. The lowest BCUT2D eigenvalue weighted by atomic mass is 9.97. The molecule has 0 saturated heterocycles. The van der Waals surface area contributed by atoms with Gasteiger partial charge in [-0.3, -0.25) is 0 Å². The zero-order valence-corrected chi connectivity index (χ0v) is 12.3. The van der Waals surface area contributed by atoms with Gasteiger partial charge in [-0.05, 0) is 62.9 Å². The molecule has 100 valence electrons. The molecule has 0 bridgehead atoms. The molecule has 1 aromatic carbocycles. The predicted octanol–water partition coefficient (Wildman–Crippen LogP) is 2.76. The van der Waals surface area contributed by atoms with Gasteiger partial charge < -0.3 is 10.4 Å². The smallest absolute Gasteiger partial charge is 0.0624 e. The van der Waals surface area contributed by atoms with E-state index in [1.807, 2.05) is 18.8 Å². The first-order valence-corrected chi connectivity index (χ1v) is 7.59. The maximum atomic E-state index is 9.69. The highest BCUT2D eigenvalue weighted by atomic mass is 32.2. The van der Waals surface area contributed by atoms with Gasteiger partial charge in [0.1, 0.15) is 0 Å². The number of thioether (sulfide) groups is 1. The van der Waals surface area contributed by atoms with Crippen LogP contribution in [0.4, 0.5) is 0 Å². The van der Waals surface area contributed by atoms with E-state index in [2.05, 4.69) is 37.4 Å². The average molecular weight is 265 g/mol. The second-order valence-corrected chi connectivity index (χ2v) is 6.42. The Kier molecular flexibility index (Phi) is 4.36. The molecule has 0 radical (unpaired) electrons. The minimum Gasteiger partial charge on any atom is -0.394 e. The van der Waals surface area contributed by atoms with Crippen LogP contribution in [0.25, 0.3) is 0 Å². The lowest BCUT2D eigenvalue weighted by Crippen LogP contribution is -2.51. The van der Waals surface area contributed by atoms with Crippen molar-refractivity contribution in [1.29, 1.82) is 0 Å². The van der Waals surface area contributed by atoms with Crippen molar-refractivity contribution in [2.45, 2.75) is 37.1 Å². The van der Waals surface area contributed by atoms with E-state index in [1.165, 1.54) is 28.9 Å². The van der Waals surface area contributed by atoms with Crippen LogP contribution in [-0.2, 0) is 0 Å². The summed E-state index contributed by atoms with van der Waals surface area (Å²) in [4.78, 5) is 1.30. The minimum atomic E-state index is -0.0938. The molecule has 2 N–H and O–H groups in total. The van der Waals surface area contributed by atoms with Crippen LogP contribution in [-0.4, -0.2) is 30.1 Å². The molecule has 0 heterocycles. The van der Waals surface area contributed by atoms with E-state index in [9.17, 15) is 5.11 Å². The van der Waals surface area contributed by atoms with Gasteiger partial charge in [0, 0.05) is 10.6 Å². The fourth-order valence-electron chi connectivity index (χ4n) is 2.30. The van der Waals surface area contributed by atoms with E-state index < -0.39 is 0 Å². The number of hydrogen-bond donors (Lipinski definition) is 2. The first-order chi connectivity index (χ1) is 8.61. The van der Waals surface area contributed by atoms with Crippen molar-refractivity contribution in [2.24, 2.45) is 5.92 Å². The number of nitrogens with one attached hydrogen (secondary N) is 1. The normalized spacial score (nSPS) is 18.7. The van der Waals surface area contributed by atoms with Crippen LogP contribution >= 0.6 is 11.8 Å². The fraction of sp³-hybridized carbons (Fsp3) is 0.600. The van der Waals surface area contributed by atoms with E-state index >= 15 is 0 Å². The highest BCUT2D eigenvalue weighted by Crippen LogP contribution is 2.42. The van der Waals surface area contributed by atoms with E-state index in [4.69, 9.17) is 0 Å². The van der Waals surface area contributed by atoms with Crippen LogP contribution in [0.1, 0.15) is 24.0 Å². The van der Waals surface area contributed by atoms with Gasteiger partial charge in [-0.15, -0.1) is 11.8 Å². The van der Waals surface area contributed by atoms with Crippen molar-refractivity contribution in [2.75, 3.05) is 19.4 Å². The summed E-state index contributed by atoms with van der Waals surface area (Å²) < 4.78 is 0. The molecule has 1 atom stereocenters.